The molecule has 0 aliphatic rings. The van der Waals surface area contributed by atoms with Crippen LogP contribution in [0.25, 0.3) is 11.2 Å². The lowest BCUT2D eigenvalue weighted by Gasteiger charge is -2.09. The molecule has 0 unspecified atom stereocenters. The molecule has 3 aromatic rings. The molecule has 0 saturated heterocycles. The number of unbranched alkanes of at least 4 members (excludes halogenated alkanes) is 1. The first-order valence-corrected chi connectivity index (χ1v) is 9.90. The lowest BCUT2D eigenvalue weighted by molar-refractivity contribution is -0.142. The monoisotopic (exact) mass is 417 g/mol. The van der Waals surface area contributed by atoms with Gasteiger partial charge in [0.25, 0.3) is 0 Å². The van der Waals surface area contributed by atoms with E-state index in [9.17, 15) is 4.79 Å². The van der Waals surface area contributed by atoms with Crippen LogP contribution >= 0.6 is 11.6 Å². The van der Waals surface area contributed by atoms with Gasteiger partial charge in [-0.1, -0.05) is 37.1 Å². The van der Waals surface area contributed by atoms with Crippen molar-refractivity contribution in [3.63, 3.8) is 0 Å². The summed E-state index contributed by atoms with van der Waals surface area (Å²) in [6.45, 7) is 4.21. The van der Waals surface area contributed by atoms with Crippen LogP contribution in [-0.2, 0) is 27.4 Å². The summed E-state index contributed by atoms with van der Waals surface area (Å²) in [5.41, 5.74) is 3.23. The maximum absolute atomic E-state index is 10.8. The van der Waals surface area contributed by atoms with Crippen molar-refractivity contribution in [1.82, 2.24) is 19.5 Å². The minimum absolute atomic E-state index is 0.193. The maximum atomic E-state index is 10.8. The van der Waals surface area contributed by atoms with Gasteiger partial charge in [-0.05, 0) is 30.5 Å². The van der Waals surface area contributed by atoms with E-state index in [-0.39, 0.29) is 31.1 Å². The van der Waals surface area contributed by atoms with Crippen LogP contribution in [0.15, 0.2) is 30.6 Å². The van der Waals surface area contributed by atoms with Crippen LogP contribution in [0, 0.1) is 0 Å². The number of carbonyl (C=O) groups is 1. The van der Waals surface area contributed by atoms with Crippen LogP contribution in [0.4, 0.5) is 11.6 Å². The van der Waals surface area contributed by atoms with Gasteiger partial charge in [0.2, 0.25) is 5.95 Å². The van der Waals surface area contributed by atoms with Crippen molar-refractivity contribution < 1.29 is 14.3 Å². The van der Waals surface area contributed by atoms with Crippen molar-refractivity contribution in [2.75, 3.05) is 18.5 Å². The molecule has 154 valence electrons. The molecule has 0 atom stereocenters. The molecule has 0 spiro atoms. The van der Waals surface area contributed by atoms with Crippen LogP contribution in [0.2, 0.25) is 5.15 Å². The molecule has 1 N–H and O–H groups in total. The number of hydrogen-bond acceptors (Lipinski definition) is 7. The third kappa shape index (κ3) is 5.88. The number of halogens is 1. The van der Waals surface area contributed by atoms with Crippen LogP contribution in [0.3, 0.4) is 0 Å². The van der Waals surface area contributed by atoms with Crippen molar-refractivity contribution in [2.45, 2.75) is 39.8 Å². The minimum atomic E-state index is -0.338. The molecule has 1 aromatic carbocycles. The van der Waals surface area contributed by atoms with Crippen molar-refractivity contribution in [1.29, 1.82) is 0 Å². The van der Waals surface area contributed by atoms with Crippen molar-refractivity contribution in [3.05, 3.63) is 41.3 Å². The second kappa shape index (κ2) is 10.2. The largest absolute Gasteiger partial charge is 0.463 e. The number of aryl methyl sites for hydroxylation is 1. The second-order valence-corrected chi connectivity index (χ2v) is 6.89. The van der Waals surface area contributed by atoms with E-state index >= 15 is 0 Å². The molecular weight excluding hydrogens is 394 g/mol. The Labute approximate surface area is 174 Å². The van der Waals surface area contributed by atoms with E-state index in [2.05, 4.69) is 39.3 Å². The molecule has 29 heavy (non-hydrogen) atoms. The normalized spacial score (nSPS) is 11.0. The predicted octanol–water partition coefficient (Wildman–Crippen LogP) is 4.10. The summed E-state index contributed by atoms with van der Waals surface area (Å²) in [4.78, 5) is 23.8. The Morgan fingerprint density at radius 3 is 2.72 bits per heavy atom. The number of imidazole rings is 1. The Hall–Kier alpha value is -2.71. The Bertz CT molecular complexity index is 959. The van der Waals surface area contributed by atoms with Crippen LogP contribution in [-0.4, -0.2) is 38.7 Å². The summed E-state index contributed by atoms with van der Waals surface area (Å²) in [6.07, 6.45) is 5.01. The molecule has 0 fully saturated rings. The quantitative estimate of drug-likeness (QED) is 0.301. The van der Waals surface area contributed by atoms with Gasteiger partial charge in [-0.3, -0.25) is 9.36 Å². The number of fused-ring (bicyclic) bond motifs is 1. The Morgan fingerprint density at radius 1 is 1.21 bits per heavy atom. The van der Waals surface area contributed by atoms with Gasteiger partial charge < -0.3 is 14.8 Å². The summed E-state index contributed by atoms with van der Waals surface area (Å²) in [5.74, 6) is 0.0424. The van der Waals surface area contributed by atoms with Crippen LogP contribution in [0.5, 0.6) is 0 Å². The predicted molar refractivity (Wildman–Crippen MR) is 111 cm³/mol. The third-order valence-electron chi connectivity index (χ3n) is 4.21. The van der Waals surface area contributed by atoms with E-state index in [0.29, 0.717) is 17.1 Å². The number of rotatable bonds is 10. The smallest absolute Gasteiger partial charge is 0.302 e. The first-order valence-electron chi connectivity index (χ1n) is 9.52. The molecule has 0 aliphatic heterocycles. The topological polar surface area (TPSA) is 91.2 Å². The fourth-order valence-corrected chi connectivity index (χ4v) is 2.95. The molecule has 0 amide bonds. The number of ether oxygens (including phenoxy) is 2. The van der Waals surface area contributed by atoms with Gasteiger partial charge in [-0.25, -0.2) is 4.98 Å². The average Bonchev–Trinajstić information content (AvgIpc) is 3.10. The number of nitrogens with one attached hydrogen (secondary N) is 1. The van der Waals surface area contributed by atoms with E-state index < -0.39 is 0 Å². The summed E-state index contributed by atoms with van der Waals surface area (Å²) in [6, 6.07) is 8.20. The lowest BCUT2D eigenvalue weighted by Crippen LogP contribution is -2.10. The van der Waals surface area contributed by atoms with Crippen molar-refractivity contribution >= 4 is 40.4 Å². The van der Waals surface area contributed by atoms with Gasteiger partial charge >= 0.3 is 5.97 Å². The lowest BCUT2D eigenvalue weighted by atomic mass is 10.1. The number of carbonyl (C=O) groups excluding carboxylic acids is 1. The molecule has 0 bridgehead atoms. The molecule has 3 rings (SSSR count). The minimum Gasteiger partial charge on any atom is -0.463 e. The van der Waals surface area contributed by atoms with Gasteiger partial charge in [0.05, 0.1) is 12.9 Å². The molecular formula is C20H24ClN5O3. The van der Waals surface area contributed by atoms with Gasteiger partial charge in [0.15, 0.2) is 10.8 Å². The number of esters is 1. The zero-order valence-corrected chi connectivity index (χ0v) is 17.3. The van der Waals surface area contributed by atoms with Crippen molar-refractivity contribution in [2.24, 2.45) is 0 Å². The van der Waals surface area contributed by atoms with E-state index in [1.165, 1.54) is 25.3 Å². The molecule has 2 aromatic heterocycles. The average molecular weight is 418 g/mol. The van der Waals surface area contributed by atoms with Gasteiger partial charge in [-0.15, -0.1) is 0 Å². The highest BCUT2D eigenvalue weighted by Crippen LogP contribution is 2.23. The summed E-state index contributed by atoms with van der Waals surface area (Å²) in [7, 11) is 0. The third-order valence-corrected chi connectivity index (χ3v) is 4.48. The standard InChI is InChI=1S/C20H24ClN5O3/c1-3-4-5-15-6-8-16(9-7-15)23-20-24-18(21)17-19(25-20)26(12-22-17)13-28-10-11-29-14(2)27/h6-9,12H,3-5,10-11,13H2,1-2H3,(H,23,24,25). The highest BCUT2D eigenvalue weighted by Gasteiger charge is 2.12. The number of anilines is 2. The van der Waals surface area contributed by atoms with E-state index in [0.717, 1.165) is 12.1 Å². The molecule has 2 heterocycles. The second-order valence-electron chi connectivity index (χ2n) is 6.53. The van der Waals surface area contributed by atoms with Gasteiger partial charge in [-0.2, -0.15) is 9.97 Å². The Kier molecular flexibility index (Phi) is 7.37. The van der Waals surface area contributed by atoms with E-state index in [4.69, 9.17) is 21.1 Å². The van der Waals surface area contributed by atoms with E-state index in [1.54, 1.807) is 10.9 Å². The first kappa shape index (κ1) is 21.0. The highest BCUT2D eigenvalue weighted by molar-refractivity contribution is 6.33. The SMILES string of the molecule is CCCCc1ccc(Nc2nc(Cl)c3ncn(COCCOC(C)=O)c3n2)cc1. The van der Waals surface area contributed by atoms with Crippen LogP contribution in [0.1, 0.15) is 32.3 Å². The Morgan fingerprint density at radius 2 is 2.00 bits per heavy atom. The number of hydrogen-bond donors (Lipinski definition) is 1. The zero-order valence-electron chi connectivity index (χ0n) is 16.5. The molecule has 0 saturated carbocycles. The summed E-state index contributed by atoms with van der Waals surface area (Å²) >= 11 is 6.28. The summed E-state index contributed by atoms with van der Waals surface area (Å²) < 4.78 is 12.1. The van der Waals surface area contributed by atoms with Gasteiger partial charge in [0, 0.05) is 12.6 Å². The number of nitrogens with zero attached hydrogens (tertiary/aromatic N) is 4. The first-order chi connectivity index (χ1) is 14.1. The highest BCUT2D eigenvalue weighted by atomic mass is 35.5. The fraction of sp³-hybridized carbons (Fsp3) is 0.400. The zero-order chi connectivity index (χ0) is 20.6. The number of benzene rings is 1. The van der Waals surface area contributed by atoms with Crippen molar-refractivity contribution in [3.8, 4) is 0 Å². The molecule has 8 nitrogen and oxygen atoms in total. The Balaban J connectivity index is 1.68. The van der Waals surface area contributed by atoms with Gasteiger partial charge in [0.1, 0.15) is 18.9 Å². The molecule has 9 heteroatoms. The van der Waals surface area contributed by atoms with Crippen LogP contribution < -0.4 is 5.32 Å². The summed E-state index contributed by atoms with van der Waals surface area (Å²) in [5, 5.41) is 3.44. The molecule has 0 aliphatic carbocycles. The fourth-order valence-electron chi connectivity index (χ4n) is 2.73. The van der Waals surface area contributed by atoms with E-state index in [1.807, 2.05) is 12.1 Å². The number of aromatic nitrogens is 4. The maximum Gasteiger partial charge on any atom is 0.302 e. The molecule has 0 radical (unpaired) electrons.